The second kappa shape index (κ2) is 8.64. The number of benzene rings is 2. The molecule has 0 aliphatic carbocycles. The highest BCUT2D eigenvalue weighted by Gasteiger charge is 2.22. The van der Waals surface area contributed by atoms with Crippen LogP contribution in [0.3, 0.4) is 0 Å². The molecule has 1 unspecified atom stereocenters. The van der Waals surface area contributed by atoms with Crippen molar-refractivity contribution in [1.29, 1.82) is 0 Å². The van der Waals surface area contributed by atoms with Crippen LogP contribution in [0.2, 0.25) is 0 Å². The summed E-state index contributed by atoms with van der Waals surface area (Å²) in [5, 5.41) is 3.08. The quantitative estimate of drug-likeness (QED) is 0.470. The number of carbonyl (C=O) groups is 3. The number of rotatable bonds is 7. The lowest BCUT2D eigenvalue weighted by molar-refractivity contribution is -0.146. The van der Waals surface area contributed by atoms with E-state index in [4.69, 9.17) is 4.74 Å². The smallest absolute Gasteiger partial charge is 0.308 e. The fraction of sp³-hybridized carbons (Fsp3) is 0.190. The highest BCUT2D eigenvalue weighted by molar-refractivity contribution is 6.10. The topological polar surface area (TPSA) is 88.3 Å². The van der Waals surface area contributed by atoms with E-state index in [2.05, 4.69) is 10.3 Å². The van der Waals surface area contributed by atoms with Gasteiger partial charge in [-0.15, -0.1) is 0 Å². The summed E-state index contributed by atoms with van der Waals surface area (Å²) in [4.78, 5) is 39.4. The summed E-state index contributed by atoms with van der Waals surface area (Å²) in [6.45, 7) is 1.34. The van der Waals surface area contributed by atoms with Crippen molar-refractivity contribution in [2.75, 3.05) is 6.54 Å². The van der Waals surface area contributed by atoms with E-state index < -0.39 is 29.6 Å². The lowest BCUT2D eigenvalue weighted by Gasteiger charge is -2.12. The van der Waals surface area contributed by atoms with Crippen molar-refractivity contribution < 1.29 is 27.9 Å². The van der Waals surface area contributed by atoms with E-state index in [0.717, 1.165) is 23.0 Å². The van der Waals surface area contributed by atoms with E-state index in [1.165, 1.54) is 6.92 Å². The molecule has 0 spiro atoms. The van der Waals surface area contributed by atoms with E-state index in [9.17, 15) is 23.2 Å². The van der Waals surface area contributed by atoms with Crippen LogP contribution < -0.4 is 5.32 Å². The number of aromatic amines is 1. The van der Waals surface area contributed by atoms with Crippen LogP contribution in [0.5, 0.6) is 0 Å². The monoisotopic (exact) mass is 400 g/mol. The summed E-state index contributed by atoms with van der Waals surface area (Å²) in [5.41, 5.74) is 0.883. The van der Waals surface area contributed by atoms with Gasteiger partial charge in [-0.3, -0.25) is 14.4 Å². The van der Waals surface area contributed by atoms with Gasteiger partial charge < -0.3 is 15.0 Å². The number of Topliss-reactive ketones (excluding diaryl/α,β-unsaturated/α-hetero) is 1. The highest BCUT2D eigenvalue weighted by Crippen LogP contribution is 2.20. The number of halogens is 2. The Balaban J connectivity index is 1.51. The number of para-hydroxylation sites is 1. The number of ketones is 1. The van der Waals surface area contributed by atoms with Crippen molar-refractivity contribution in [2.45, 2.75) is 19.4 Å². The van der Waals surface area contributed by atoms with Gasteiger partial charge in [0.15, 0.2) is 6.10 Å². The number of hydrogen-bond acceptors (Lipinski definition) is 4. The Labute approximate surface area is 164 Å². The molecule has 1 aromatic heterocycles. The number of H-pyrrole nitrogens is 1. The Morgan fingerprint density at radius 3 is 2.62 bits per heavy atom. The molecule has 3 rings (SSSR count). The summed E-state index contributed by atoms with van der Waals surface area (Å²) in [6.07, 6.45) is 0.349. The summed E-state index contributed by atoms with van der Waals surface area (Å²) < 4.78 is 31.6. The number of amides is 1. The van der Waals surface area contributed by atoms with Gasteiger partial charge in [0, 0.05) is 35.3 Å². The van der Waals surface area contributed by atoms with E-state index in [1.54, 1.807) is 18.3 Å². The molecule has 0 aliphatic heterocycles. The van der Waals surface area contributed by atoms with Gasteiger partial charge in [0.1, 0.15) is 11.6 Å². The minimum absolute atomic E-state index is 0.123. The molecule has 6 nitrogen and oxygen atoms in total. The minimum Gasteiger partial charge on any atom is -0.454 e. The first kappa shape index (κ1) is 20.2. The molecule has 29 heavy (non-hydrogen) atoms. The van der Waals surface area contributed by atoms with Crippen molar-refractivity contribution >= 4 is 28.6 Å². The van der Waals surface area contributed by atoms with Crippen LogP contribution in [0, 0.1) is 11.6 Å². The van der Waals surface area contributed by atoms with Crippen molar-refractivity contribution in [2.24, 2.45) is 0 Å². The number of ether oxygens (including phenoxy) is 1. The van der Waals surface area contributed by atoms with Gasteiger partial charge in [-0.25, -0.2) is 8.78 Å². The molecule has 1 amide bonds. The Bertz CT molecular complexity index is 1080. The second-order valence-electron chi connectivity index (χ2n) is 6.37. The van der Waals surface area contributed by atoms with Gasteiger partial charge in [-0.05, 0) is 25.1 Å². The zero-order valence-electron chi connectivity index (χ0n) is 15.5. The predicted octanol–water partition coefficient (Wildman–Crippen LogP) is 3.38. The third kappa shape index (κ3) is 4.66. The molecule has 3 aromatic rings. The van der Waals surface area contributed by atoms with Crippen LogP contribution in [0.4, 0.5) is 8.78 Å². The maximum atomic E-state index is 13.6. The van der Waals surface area contributed by atoms with Crippen LogP contribution in [0.25, 0.3) is 10.9 Å². The number of carbonyl (C=O) groups excluding carboxylic acids is 3. The van der Waals surface area contributed by atoms with Crippen LogP contribution in [0.15, 0.2) is 48.7 Å². The van der Waals surface area contributed by atoms with Gasteiger partial charge in [0.25, 0.3) is 5.91 Å². The molecule has 0 radical (unpaired) electrons. The molecular formula is C21H18F2N2O4. The average Bonchev–Trinajstić information content (AvgIpc) is 3.11. The highest BCUT2D eigenvalue weighted by atomic mass is 19.1. The van der Waals surface area contributed by atoms with Crippen LogP contribution in [-0.2, 0) is 9.53 Å². The molecule has 0 saturated heterocycles. The minimum atomic E-state index is -1.01. The zero-order valence-corrected chi connectivity index (χ0v) is 15.5. The number of hydrogen-bond donors (Lipinski definition) is 2. The largest absolute Gasteiger partial charge is 0.454 e. The van der Waals surface area contributed by atoms with Crippen LogP contribution in [0.1, 0.15) is 34.1 Å². The SMILES string of the molecule is CC(OC(=O)CCNC(=O)c1ccc(F)cc1F)C(=O)c1c[nH]c2ccccc12. The second-order valence-corrected chi connectivity index (χ2v) is 6.37. The number of aromatic nitrogens is 1. The fourth-order valence-corrected chi connectivity index (χ4v) is 2.85. The van der Waals surface area contributed by atoms with Crippen molar-refractivity contribution in [3.05, 3.63) is 71.4 Å². The lowest BCUT2D eigenvalue weighted by Crippen LogP contribution is -2.29. The third-order valence-corrected chi connectivity index (χ3v) is 4.32. The van der Waals surface area contributed by atoms with E-state index in [-0.39, 0.29) is 24.3 Å². The standard InChI is InChI=1S/C21H18F2N2O4/c1-12(20(27)16-11-25-18-5-3-2-4-14(16)18)29-19(26)8-9-24-21(28)15-7-6-13(22)10-17(15)23/h2-7,10-12,25H,8-9H2,1H3,(H,24,28). The maximum Gasteiger partial charge on any atom is 0.308 e. The Kier molecular flexibility index (Phi) is 6.01. The molecule has 2 aromatic carbocycles. The molecule has 0 bridgehead atoms. The normalized spacial score (nSPS) is 11.8. The summed E-state index contributed by atoms with van der Waals surface area (Å²) in [6, 6.07) is 9.83. The van der Waals surface area contributed by atoms with E-state index >= 15 is 0 Å². The molecule has 1 heterocycles. The Morgan fingerprint density at radius 2 is 1.86 bits per heavy atom. The summed E-state index contributed by atoms with van der Waals surface area (Å²) in [5.74, 6) is -3.61. The van der Waals surface area contributed by atoms with Crippen molar-refractivity contribution in [1.82, 2.24) is 10.3 Å². The average molecular weight is 400 g/mol. The molecule has 0 saturated carbocycles. The van der Waals surface area contributed by atoms with E-state index in [1.807, 2.05) is 12.1 Å². The maximum absolute atomic E-state index is 13.6. The third-order valence-electron chi connectivity index (χ3n) is 4.32. The van der Waals surface area contributed by atoms with Crippen LogP contribution in [-0.4, -0.2) is 35.3 Å². The zero-order chi connectivity index (χ0) is 21.0. The summed E-state index contributed by atoms with van der Waals surface area (Å²) in [7, 11) is 0. The summed E-state index contributed by atoms with van der Waals surface area (Å²) >= 11 is 0. The molecular weight excluding hydrogens is 382 g/mol. The van der Waals surface area contributed by atoms with Crippen molar-refractivity contribution in [3.63, 3.8) is 0 Å². The van der Waals surface area contributed by atoms with E-state index in [0.29, 0.717) is 11.6 Å². The van der Waals surface area contributed by atoms with Gasteiger partial charge in [0.2, 0.25) is 5.78 Å². The molecule has 150 valence electrons. The van der Waals surface area contributed by atoms with Gasteiger partial charge in [-0.2, -0.15) is 0 Å². The van der Waals surface area contributed by atoms with Gasteiger partial charge >= 0.3 is 5.97 Å². The molecule has 8 heteroatoms. The van der Waals surface area contributed by atoms with Crippen LogP contribution >= 0.6 is 0 Å². The first-order chi connectivity index (χ1) is 13.9. The molecule has 1 atom stereocenters. The first-order valence-corrected chi connectivity index (χ1v) is 8.90. The lowest BCUT2D eigenvalue weighted by atomic mass is 10.1. The van der Waals surface area contributed by atoms with Crippen molar-refractivity contribution in [3.8, 4) is 0 Å². The Hall–Kier alpha value is -3.55. The van der Waals surface area contributed by atoms with Gasteiger partial charge in [-0.1, -0.05) is 18.2 Å². The Morgan fingerprint density at radius 1 is 1.10 bits per heavy atom. The first-order valence-electron chi connectivity index (χ1n) is 8.90. The predicted molar refractivity (Wildman–Crippen MR) is 101 cm³/mol. The molecule has 2 N–H and O–H groups in total. The number of esters is 1. The number of nitrogens with one attached hydrogen (secondary N) is 2. The molecule has 0 fully saturated rings. The molecule has 0 aliphatic rings. The fourth-order valence-electron chi connectivity index (χ4n) is 2.85. The van der Waals surface area contributed by atoms with Gasteiger partial charge in [0.05, 0.1) is 12.0 Å². The number of fused-ring (bicyclic) bond motifs is 1.